The van der Waals surface area contributed by atoms with Crippen LogP contribution in [0.25, 0.3) is 0 Å². The van der Waals surface area contributed by atoms with Gasteiger partial charge in [-0.05, 0) is 42.2 Å². The van der Waals surface area contributed by atoms with E-state index in [0.717, 1.165) is 16.3 Å². The van der Waals surface area contributed by atoms with Gasteiger partial charge < -0.3 is 0 Å². The molecular formula is C18H24N2O4S2. The molecule has 0 aromatic heterocycles. The summed E-state index contributed by atoms with van der Waals surface area (Å²) in [6.45, 7) is 4.14. The molecule has 1 atom stereocenters. The standard InChI is InChI=1S/C18H24N2O4S2/c1-5-14(2)15-10-12-16(13-11-15)25(21,22)19-17-8-6-7-9-18(17)26(23,24)20(3)4/h6-14,19H,5H2,1-4H3/t14-/m1/s1. The number of nitrogens with one attached hydrogen (secondary N) is 1. The van der Waals surface area contributed by atoms with Crippen molar-refractivity contribution in [3.05, 3.63) is 54.1 Å². The second kappa shape index (κ2) is 7.77. The maximum Gasteiger partial charge on any atom is 0.261 e. The summed E-state index contributed by atoms with van der Waals surface area (Å²) in [6, 6.07) is 12.6. The molecule has 0 unspecified atom stereocenters. The minimum Gasteiger partial charge on any atom is -0.278 e. The molecule has 0 fully saturated rings. The largest absolute Gasteiger partial charge is 0.278 e. The fraction of sp³-hybridized carbons (Fsp3) is 0.333. The lowest BCUT2D eigenvalue weighted by Crippen LogP contribution is -2.24. The van der Waals surface area contributed by atoms with Crippen molar-refractivity contribution < 1.29 is 16.8 Å². The second-order valence-electron chi connectivity index (χ2n) is 6.27. The Hall–Kier alpha value is -1.90. The summed E-state index contributed by atoms with van der Waals surface area (Å²) < 4.78 is 53.6. The topological polar surface area (TPSA) is 83.5 Å². The van der Waals surface area contributed by atoms with Crippen molar-refractivity contribution in [1.82, 2.24) is 4.31 Å². The number of rotatable bonds is 7. The molecule has 0 aliphatic heterocycles. The Morgan fingerprint density at radius 1 is 0.962 bits per heavy atom. The van der Waals surface area contributed by atoms with Crippen LogP contribution in [-0.2, 0) is 20.0 Å². The maximum atomic E-state index is 12.7. The average Bonchev–Trinajstić information content (AvgIpc) is 2.61. The van der Waals surface area contributed by atoms with E-state index in [1.165, 1.54) is 38.4 Å². The molecule has 2 aromatic rings. The fourth-order valence-corrected chi connectivity index (χ4v) is 4.57. The molecule has 0 amide bonds. The van der Waals surface area contributed by atoms with Crippen LogP contribution >= 0.6 is 0 Å². The summed E-state index contributed by atoms with van der Waals surface area (Å²) in [5.74, 6) is 0.339. The Bertz CT molecular complexity index is 967. The third-order valence-electron chi connectivity index (χ3n) is 4.26. The molecule has 0 spiro atoms. The molecule has 2 aromatic carbocycles. The summed E-state index contributed by atoms with van der Waals surface area (Å²) in [5, 5.41) is 0. The highest BCUT2D eigenvalue weighted by Crippen LogP contribution is 2.26. The normalized spacial score (nSPS) is 13.6. The first kappa shape index (κ1) is 20.4. The van der Waals surface area contributed by atoms with E-state index in [2.05, 4.69) is 18.6 Å². The van der Waals surface area contributed by atoms with Crippen LogP contribution in [0.5, 0.6) is 0 Å². The van der Waals surface area contributed by atoms with Gasteiger partial charge in [-0.15, -0.1) is 0 Å². The second-order valence-corrected chi connectivity index (χ2v) is 10.1. The van der Waals surface area contributed by atoms with Crippen molar-refractivity contribution in [2.24, 2.45) is 0 Å². The van der Waals surface area contributed by atoms with Crippen LogP contribution in [0.3, 0.4) is 0 Å². The molecule has 0 saturated heterocycles. The van der Waals surface area contributed by atoms with Crippen molar-refractivity contribution in [2.45, 2.75) is 36.0 Å². The van der Waals surface area contributed by atoms with Crippen LogP contribution in [0.2, 0.25) is 0 Å². The summed E-state index contributed by atoms with van der Waals surface area (Å²) in [5.41, 5.74) is 1.08. The Balaban J connectivity index is 2.39. The Labute approximate surface area is 156 Å². The van der Waals surface area contributed by atoms with Crippen molar-refractivity contribution in [1.29, 1.82) is 0 Å². The summed E-state index contributed by atoms with van der Waals surface area (Å²) in [6.07, 6.45) is 0.958. The SMILES string of the molecule is CC[C@@H](C)c1ccc(S(=O)(=O)Nc2ccccc2S(=O)(=O)N(C)C)cc1. The number of sulfonamides is 2. The zero-order chi connectivity index (χ0) is 19.5. The van der Waals surface area contributed by atoms with E-state index in [0.29, 0.717) is 5.92 Å². The predicted octanol–water partition coefficient (Wildman–Crippen LogP) is 3.25. The summed E-state index contributed by atoms with van der Waals surface area (Å²) >= 11 is 0. The monoisotopic (exact) mass is 396 g/mol. The number of hydrogen-bond acceptors (Lipinski definition) is 4. The fourth-order valence-electron chi connectivity index (χ4n) is 2.39. The smallest absolute Gasteiger partial charge is 0.261 e. The van der Waals surface area contributed by atoms with E-state index in [-0.39, 0.29) is 15.5 Å². The van der Waals surface area contributed by atoms with E-state index in [4.69, 9.17) is 0 Å². The average molecular weight is 397 g/mol. The number of anilines is 1. The maximum absolute atomic E-state index is 12.7. The van der Waals surface area contributed by atoms with Gasteiger partial charge in [-0.25, -0.2) is 21.1 Å². The quantitative estimate of drug-likeness (QED) is 0.779. The molecule has 0 heterocycles. The predicted molar refractivity (Wildman–Crippen MR) is 103 cm³/mol. The molecular weight excluding hydrogens is 372 g/mol. The van der Waals surface area contributed by atoms with Crippen LogP contribution in [0.4, 0.5) is 5.69 Å². The van der Waals surface area contributed by atoms with Crippen molar-refractivity contribution in [2.75, 3.05) is 18.8 Å². The van der Waals surface area contributed by atoms with Gasteiger partial charge in [0.05, 0.1) is 10.6 Å². The zero-order valence-electron chi connectivity index (χ0n) is 15.3. The molecule has 0 aliphatic rings. The molecule has 0 bridgehead atoms. The third-order valence-corrected chi connectivity index (χ3v) is 7.52. The Morgan fingerprint density at radius 3 is 2.08 bits per heavy atom. The lowest BCUT2D eigenvalue weighted by atomic mass is 9.99. The lowest BCUT2D eigenvalue weighted by molar-refractivity contribution is 0.521. The first-order valence-corrected chi connectivity index (χ1v) is 11.2. The van der Waals surface area contributed by atoms with Crippen molar-refractivity contribution in [3.8, 4) is 0 Å². The molecule has 0 radical (unpaired) electrons. The van der Waals surface area contributed by atoms with Gasteiger partial charge in [0.1, 0.15) is 4.90 Å². The molecule has 6 nitrogen and oxygen atoms in total. The molecule has 8 heteroatoms. The van der Waals surface area contributed by atoms with E-state index < -0.39 is 20.0 Å². The minimum atomic E-state index is -3.90. The lowest BCUT2D eigenvalue weighted by Gasteiger charge is -2.16. The first-order chi connectivity index (χ1) is 12.1. The molecule has 0 saturated carbocycles. The van der Waals surface area contributed by atoms with E-state index in [1.807, 2.05) is 0 Å². The van der Waals surface area contributed by atoms with Crippen LogP contribution in [0.15, 0.2) is 58.3 Å². The molecule has 26 heavy (non-hydrogen) atoms. The van der Waals surface area contributed by atoms with Crippen molar-refractivity contribution in [3.63, 3.8) is 0 Å². The van der Waals surface area contributed by atoms with E-state index in [1.54, 1.807) is 24.3 Å². The van der Waals surface area contributed by atoms with Gasteiger partial charge in [0.25, 0.3) is 10.0 Å². The van der Waals surface area contributed by atoms with Gasteiger partial charge in [-0.1, -0.05) is 38.1 Å². The van der Waals surface area contributed by atoms with Gasteiger partial charge in [0, 0.05) is 14.1 Å². The Kier molecular flexibility index (Phi) is 6.10. The van der Waals surface area contributed by atoms with Gasteiger partial charge in [0.2, 0.25) is 10.0 Å². The van der Waals surface area contributed by atoms with Crippen LogP contribution in [0.1, 0.15) is 31.7 Å². The van der Waals surface area contributed by atoms with E-state index >= 15 is 0 Å². The molecule has 2 rings (SSSR count). The van der Waals surface area contributed by atoms with Gasteiger partial charge in [-0.2, -0.15) is 0 Å². The Morgan fingerprint density at radius 2 is 1.54 bits per heavy atom. The first-order valence-electron chi connectivity index (χ1n) is 8.24. The van der Waals surface area contributed by atoms with Crippen LogP contribution < -0.4 is 4.72 Å². The summed E-state index contributed by atoms with van der Waals surface area (Å²) in [4.78, 5) is -0.00796. The van der Waals surface area contributed by atoms with Gasteiger partial charge in [0.15, 0.2) is 0 Å². The number of benzene rings is 2. The number of hydrogen-bond donors (Lipinski definition) is 1. The summed E-state index contributed by atoms with van der Waals surface area (Å²) in [7, 11) is -4.89. The third kappa shape index (κ3) is 4.25. The molecule has 1 N–H and O–H groups in total. The van der Waals surface area contributed by atoms with Crippen molar-refractivity contribution >= 4 is 25.7 Å². The van der Waals surface area contributed by atoms with Crippen LogP contribution in [0, 0.1) is 0 Å². The molecule has 142 valence electrons. The highest BCUT2D eigenvalue weighted by atomic mass is 32.2. The molecule has 0 aliphatic carbocycles. The number of nitrogens with zero attached hydrogens (tertiary/aromatic N) is 1. The highest BCUT2D eigenvalue weighted by Gasteiger charge is 2.24. The van der Waals surface area contributed by atoms with Gasteiger partial charge >= 0.3 is 0 Å². The van der Waals surface area contributed by atoms with E-state index in [9.17, 15) is 16.8 Å². The highest BCUT2D eigenvalue weighted by molar-refractivity contribution is 7.93. The number of para-hydroxylation sites is 1. The van der Waals surface area contributed by atoms with Crippen LogP contribution in [-0.4, -0.2) is 35.2 Å². The van der Waals surface area contributed by atoms with Gasteiger partial charge in [-0.3, -0.25) is 4.72 Å². The zero-order valence-corrected chi connectivity index (χ0v) is 16.9. The minimum absolute atomic E-state index is 0.0206.